The van der Waals surface area contributed by atoms with E-state index in [1.165, 1.54) is 0 Å². The number of hydrogen-bond donors (Lipinski definition) is 1. The number of rotatable bonds is 3. The van der Waals surface area contributed by atoms with Gasteiger partial charge in [-0.2, -0.15) is 0 Å². The van der Waals surface area contributed by atoms with Crippen LogP contribution in [0.25, 0.3) is 0 Å². The smallest absolute Gasteiger partial charge is 0.310 e. The van der Waals surface area contributed by atoms with Crippen LogP contribution in [0.1, 0.15) is 5.56 Å². The molecule has 3 aliphatic heterocycles. The third-order valence-electron chi connectivity index (χ3n) is 4.59. The molecule has 2 fully saturated rings. The number of aromatic nitrogens is 1. The van der Waals surface area contributed by atoms with Crippen molar-refractivity contribution in [1.82, 2.24) is 9.88 Å². The normalized spacial score (nSPS) is 36.3. The van der Waals surface area contributed by atoms with Gasteiger partial charge in [0.15, 0.2) is 0 Å². The number of pyridine rings is 1. The summed E-state index contributed by atoms with van der Waals surface area (Å²) < 4.78 is 5.83. The van der Waals surface area contributed by atoms with Crippen molar-refractivity contribution in [1.29, 1.82) is 0 Å². The Bertz CT molecular complexity index is 644. The largest absolute Gasteiger partial charge is 0.481 e. The lowest BCUT2D eigenvalue weighted by molar-refractivity contribution is -0.148. The van der Waals surface area contributed by atoms with E-state index < -0.39 is 29.5 Å². The Morgan fingerprint density at radius 3 is 2.95 bits per heavy atom. The van der Waals surface area contributed by atoms with E-state index in [4.69, 9.17) is 4.74 Å². The standard InChI is InChI=1S/C15H14N2O4/c18-13-12-11(14(19)20)10-1-4-15(12,21-10)8-17(13)7-9-2-5-16-6-3-9/h1-6,10-12H,7-8H2,(H,19,20)/t10-,11+,12+,15+/m1/s1. The van der Waals surface area contributed by atoms with Crippen LogP contribution in [-0.4, -0.2) is 45.1 Å². The molecule has 6 nitrogen and oxygen atoms in total. The van der Waals surface area contributed by atoms with Crippen molar-refractivity contribution in [3.05, 3.63) is 42.2 Å². The Morgan fingerprint density at radius 2 is 2.24 bits per heavy atom. The van der Waals surface area contributed by atoms with Crippen LogP contribution in [-0.2, 0) is 20.9 Å². The van der Waals surface area contributed by atoms with Crippen LogP contribution in [0.15, 0.2) is 36.7 Å². The van der Waals surface area contributed by atoms with Gasteiger partial charge < -0.3 is 14.7 Å². The first-order valence-electron chi connectivity index (χ1n) is 6.88. The van der Waals surface area contributed by atoms with E-state index >= 15 is 0 Å². The summed E-state index contributed by atoms with van der Waals surface area (Å²) in [5.74, 6) is -2.47. The molecule has 3 aliphatic rings. The van der Waals surface area contributed by atoms with Crippen LogP contribution in [0.3, 0.4) is 0 Å². The van der Waals surface area contributed by atoms with Gasteiger partial charge in [0.2, 0.25) is 5.91 Å². The predicted molar refractivity (Wildman–Crippen MR) is 71.0 cm³/mol. The maximum Gasteiger partial charge on any atom is 0.310 e. The Labute approximate surface area is 121 Å². The number of carboxylic acid groups (broad SMARTS) is 1. The van der Waals surface area contributed by atoms with E-state index in [0.717, 1.165) is 5.56 Å². The van der Waals surface area contributed by atoms with Gasteiger partial charge in [-0.25, -0.2) is 0 Å². The molecular formula is C15H14N2O4. The van der Waals surface area contributed by atoms with Crippen molar-refractivity contribution < 1.29 is 19.4 Å². The fourth-order valence-corrected chi connectivity index (χ4v) is 3.70. The molecule has 21 heavy (non-hydrogen) atoms. The quantitative estimate of drug-likeness (QED) is 0.816. The molecule has 4 heterocycles. The lowest BCUT2D eigenvalue weighted by Gasteiger charge is -2.21. The molecule has 0 unspecified atom stereocenters. The Morgan fingerprint density at radius 1 is 1.48 bits per heavy atom. The Kier molecular flexibility index (Phi) is 2.47. The number of aliphatic carboxylic acids is 1. The van der Waals surface area contributed by atoms with Gasteiger partial charge in [0, 0.05) is 18.9 Å². The van der Waals surface area contributed by atoms with Crippen LogP contribution in [0.5, 0.6) is 0 Å². The lowest BCUT2D eigenvalue weighted by Crippen LogP contribution is -2.39. The summed E-state index contributed by atoms with van der Waals surface area (Å²) in [6.07, 6.45) is 6.53. The van der Waals surface area contributed by atoms with Gasteiger partial charge in [0.1, 0.15) is 11.5 Å². The summed E-state index contributed by atoms with van der Waals surface area (Å²) in [7, 11) is 0. The third kappa shape index (κ3) is 1.65. The highest BCUT2D eigenvalue weighted by molar-refractivity contribution is 5.90. The third-order valence-corrected chi connectivity index (χ3v) is 4.59. The van der Waals surface area contributed by atoms with Crippen molar-refractivity contribution >= 4 is 11.9 Å². The van der Waals surface area contributed by atoms with Crippen LogP contribution in [0.4, 0.5) is 0 Å². The zero-order valence-corrected chi connectivity index (χ0v) is 11.2. The van der Waals surface area contributed by atoms with Crippen LogP contribution < -0.4 is 0 Å². The summed E-state index contributed by atoms with van der Waals surface area (Å²) in [5, 5.41) is 9.38. The topological polar surface area (TPSA) is 79.7 Å². The number of carbonyl (C=O) groups excluding carboxylic acids is 1. The lowest BCUT2D eigenvalue weighted by atomic mass is 9.77. The summed E-state index contributed by atoms with van der Waals surface area (Å²) in [4.78, 5) is 29.7. The van der Waals surface area contributed by atoms with Gasteiger partial charge in [-0.05, 0) is 17.7 Å². The zero-order chi connectivity index (χ0) is 14.6. The monoisotopic (exact) mass is 286 g/mol. The minimum atomic E-state index is -0.963. The molecule has 6 heteroatoms. The molecule has 2 saturated heterocycles. The SMILES string of the molecule is O=C(O)[C@@H]1[C@H]2C(=O)N(Cc3ccncc3)C[C@@]23C=C[C@H]1O3. The van der Waals surface area contributed by atoms with Crippen LogP contribution >= 0.6 is 0 Å². The molecule has 4 atom stereocenters. The number of nitrogens with zero attached hydrogens (tertiary/aromatic N) is 2. The molecule has 0 aromatic carbocycles. The van der Waals surface area contributed by atoms with Gasteiger partial charge >= 0.3 is 5.97 Å². The highest BCUT2D eigenvalue weighted by atomic mass is 16.5. The molecule has 1 amide bonds. The second kappa shape index (κ2) is 4.14. The van der Waals surface area contributed by atoms with Crippen molar-refractivity contribution in [2.24, 2.45) is 11.8 Å². The highest BCUT2D eigenvalue weighted by Gasteiger charge is 2.66. The predicted octanol–water partition coefficient (Wildman–Crippen LogP) is 0.448. The van der Waals surface area contributed by atoms with E-state index in [1.54, 1.807) is 23.4 Å². The van der Waals surface area contributed by atoms with Gasteiger partial charge in [-0.1, -0.05) is 12.2 Å². The number of likely N-dealkylation sites (tertiary alicyclic amines) is 1. The fraction of sp³-hybridized carbons (Fsp3) is 0.400. The highest BCUT2D eigenvalue weighted by Crippen LogP contribution is 2.52. The summed E-state index contributed by atoms with van der Waals surface area (Å²) in [6.45, 7) is 0.864. The minimum absolute atomic E-state index is 0.133. The minimum Gasteiger partial charge on any atom is -0.481 e. The molecule has 4 rings (SSSR count). The molecule has 0 radical (unpaired) electrons. The molecule has 1 N–H and O–H groups in total. The maximum atomic E-state index is 12.6. The Balaban J connectivity index is 1.63. The van der Waals surface area contributed by atoms with E-state index in [9.17, 15) is 14.7 Å². The second-order valence-corrected chi connectivity index (χ2v) is 5.79. The summed E-state index contributed by atoms with van der Waals surface area (Å²) in [5.41, 5.74) is 0.220. The summed E-state index contributed by atoms with van der Waals surface area (Å²) >= 11 is 0. The zero-order valence-electron chi connectivity index (χ0n) is 11.2. The van der Waals surface area contributed by atoms with Crippen molar-refractivity contribution in [3.8, 4) is 0 Å². The molecule has 0 aliphatic carbocycles. The molecule has 1 aromatic heterocycles. The molecule has 2 bridgehead atoms. The van der Waals surface area contributed by atoms with Gasteiger partial charge in [-0.15, -0.1) is 0 Å². The van der Waals surface area contributed by atoms with E-state index in [-0.39, 0.29) is 5.91 Å². The first kappa shape index (κ1) is 12.5. The molecule has 1 spiro atoms. The van der Waals surface area contributed by atoms with E-state index in [1.807, 2.05) is 18.2 Å². The van der Waals surface area contributed by atoms with Gasteiger partial charge in [0.25, 0.3) is 0 Å². The van der Waals surface area contributed by atoms with Crippen LogP contribution in [0, 0.1) is 11.8 Å². The van der Waals surface area contributed by atoms with Gasteiger partial charge in [-0.3, -0.25) is 14.6 Å². The maximum absolute atomic E-state index is 12.6. The van der Waals surface area contributed by atoms with Crippen molar-refractivity contribution in [3.63, 3.8) is 0 Å². The number of hydrogen-bond acceptors (Lipinski definition) is 4. The van der Waals surface area contributed by atoms with E-state index in [0.29, 0.717) is 13.1 Å². The number of ether oxygens (including phenoxy) is 1. The number of carboxylic acids is 1. The molecule has 0 saturated carbocycles. The molecular weight excluding hydrogens is 272 g/mol. The second-order valence-electron chi connectivity index (χ2n) is 5.79. The van der Waals surface area contributed by atoms with Crippen molar-refractivity contribution in [2.45, 2.75) is 18.2 Å². The van der Waals surface area contributed by atoms with Crippen LogP contribution in [0.2, 0.25) is 0 Å². The number of fused-ring (bicyclic) bond motifs is 1. The average molecular weight is 286 g/mol. The first-order valence-corrected chi connectivity index (χ1v) is 6.88. The Hall–Kier alpha value is -2.21. The summed E-state index contributed by atoms with van der Waals surface area (Å²) in [6, 6.07) is 3.70. The average Bonchev–Trinajstić information content (AvgIpc) is 3.09. The number of carbonyl (C=O) groups is 2. The fourth-order valence-electron chi connectivity index (χ4n) is 3.70. The van der Waals surface area contributed by atoms with Gasteiger partial charge in [0.05, 0.1) is 18.6 Å². The van der Waals surface area contributed by atoms with Crippen molar-refractivity contribution in [2.75, 3.05) is 6.54 Å². The molecule has 1 aromatic rings. The first-order chi connectivity index (χ1) is 10.1. The number of amides is 1. The van der Waals surface area contributed by atoms with E-state index in [2.05, 4.69) is 4.98 Å². The molecule has 108 valence electrons.